The van der Waals surface area contributed by atoms with E-state index in [2.05, 4.69) is 49.9 Å². The van der Waals surface area contributed by atoms with Gasteiger partial charge in [-0.3, -0.25) is 4.99 Å². The first-order valence-electron chi connectivity index (χ1n) is 8.95. The Bertz CT molecular complexity index is 695. The van der Waals surface area contributed by atoms with Gasteiger partial charge in [-0.15, -0.1) is 0 Å². The number of H-pyrrole nitrogens is 2. The number of rotatable bonds is 3. The summed E-state index contributed by atoms with van der Waals surface area (Å²) in [6, 6.07) is 2.71. The lowest BCUT2D eigenvalue weighted by molar-refractivity contribution is 0.588. The monoisotopic (exact) mass is 311 g/mol. The predicted molar refractivity (Wildman–Crippen MR) is 98.6 cm³/mol. The summed E-state index contributed by atoms with van der Waals surface area (Å²) in [5, 5.41) is 0. The molecule has 3 rings (SSSR count). The third-order valence-electron chi connectivity index (χ3n) is 5.24. The number of hydrogen-bond acceptors (Lipinski definition) is 1. The molecule has 0 spiro atoms. The molecule has 0 atom stereocenters. The minimum atomic E-state index is 0.512. The fourth-order valence-electron chi connectivity index (χ4n) is 3.67. The van der Waals surface area contributed by atoms with Gasteiger partial charge in [0.05, 0.1) is 23.1 Å². The van der Waals surface area contributed by atoms with E-state index in [1.54, 1.807) is 0 Å². The number of aliphatic imine (C=N–C) groups is 1. The Kier molecular flexibility index (Phi) is 4.74. The van der Waals surface area contributed by atoms with Crippen LogP contribution in [0.3, 0.4) is 0 Å². The standard InChI is InChI=1S/C20H29N3/c1-13-11-14(2)22-19(13)20-16(4)15(3)18(23-20)12-21-17-9-7-5-6-8-10-17/h11-12,17,22-23H,5-10H2,1-4H3. The van der Waals surface area contributed by atoms with E-state index in [1.807, 2.05) is 0 Å². The molecule has 2 N–H and O–H groups in total. The lowest BCUT2D eigenvalue weighted by atomic mass is 10.1. The Morgan fingerprint density at radius 3 is 2.22 bits per heavy atom. The topological polar surface area (TPSA) is 43.9 Å². The van der Waals surface area contributed by atoms with Crippen molar-refractivity contribution >= 4 is 6.21 Å². The summed E-state index contributed by atoms with van der Waals surface area (Å²) in [5.74, 6) is 0. The van der Waals surface area contributed by atoms with Crippen LogP contribution in [0.4, 0.5) is 0 Å². The van der Waals surface area contributed by atoms with Crippen LogP contribution in [0.15, 0.2) is 11.1 Å². The van der Waals surface area contributed by atoms with Crippen LogP contribution in [0.2, 0.25) is 0 Å². The first kappa shape index (κ1) is 16.1. The zero-order chi connectivity index (χ0) is 16.4. The van der Waals surface area contributed by atoms with Crippen molar-refractivity contribution in [1.29, 1.82) is 0 Å². The summed E-state index contributed by atoms with van der Waals surface area (Å²) in [7, 11) is 0. The normalized spacial score (nSPS) is 17.0. The summed E-state index contributed by atoms with van der Waals surface area (Å²) < 4.78 is 0. The quantitative estimate of drug-likeness (QED) is 0.564. The zero-order valence-corrected chi connectivity index (χ0v) is 14.9. The number of nitrogens with one attached hydrogen (secondary N) is 2. The second-order valence-electron chi connectivity index (χ2n) is 7.10. The summed E-state index contributed by atoms with van der Waals surface area (Å²) in [4.78, 5) is 12.0. The molecule has 0 aromatic carbocycles. The summed E-state index contributed by atoms with van der Waals surface area (Å²) in [5.41, 5.74) is 8.69. The molecule has 23 heavy (non-hydrogen) atoms. The predicted octanol–water partition coefficient (Wildman–Crippen LogP) is 5.39. The maximum Gasteiger partial charge on any atom is 0.0659 e. The van der Waals surface area contributed by atoms with E-state index >= 15 is 0 Å². The van der Waals surface area contributed by atoms with Crippen molar-refractivity contribution < 1.29 is 0 Å². The Morgan fingerprint density at radius 2 is 1.61 bits per heavy atom. The number of nitrogens with zero attached hydrogens (tertiary/aromatic N) is 1. The van der Waals surface area contributed by atoms with Crippen molar-refractivity contribution in [1.82, 2.24) is 9.97 Å². The highest BCUT2D eigenvalue weighted by Gasteiger charge is 2.15. The third-order valence-corrected chi connectivity index (χ3v) is 5.24. The van der Waals surface area contributed by atoms with E-state index in [4.69, 9.17) is 4.99 Å². The van der Waals surface area contributed by atoms with Gasteiger partial charge in [0.1, 0.15) is 0 Å². The van der Waals surface area contributed by atoms with Gasteiger partial charge >= 0.3 is 0 Å². The Morgan fingerprint density at radius 1 is 0.913 bits per heavy atom. The maximum absolute atomic E-state index is 4.88. The maximum atomic E-state index is 4.88. The number of aryl methyl sites for hydroxylation is 2. The fraction of sp³-hybridized carbons (Fsp3) is 0.550. The van der Waals surface area contributed by atoms with Crippen molar-refractivity contribution in [2.75, 3.05) is 0 Å². The molecular formula is C20H29N3. The molecule has 2 heterocycles. The van der Waals surface area contributed by atoms with Crippen LogP contribution in [-0.2, 0) is 0 Å². The molecule has 124 valence electrons. The van der Waals surface area contributed by atoms with Gasteiger partial charge in [0.25, 0.3) is 0 Å². The van der Waals surface area contributed by atoms with Gasteiger partial charge in [0.2, 0.25) is 0 Å². The molecule has 0 aliphatic heterocycles. The Hall–Kier alpha value is -1.77. The summed E-state index contributed by atoms with van der Waals surface area (Å²) in [6.45, 7) is 8.65. The van der Waals surface area contributed by atoms with Crippen molar-refractivity contribution in [2.24, 2.45) is 4.99 Å². The first-order valence-corrected chi connectivity index (χ1v) is 8.95. The van der Waals surface area contributed by atoms with Crippen LogP contribution in [0, 0.1) is 27.7 Å². The molecule has 3 heteroatoms. The zero-order valence-electron chi connectivity index (χ0n) is 14.9. The molecule has 1 aliphatic rings. The summed E-state index contributed by atoms with van der Waals surface area (Å²) >= 11 is 0. The average Bonchev–Trinajstić information content (AvgIpc) is 2.86. The molecule has 2 aromatic rings. The van der Waals surface area contributed by atoms with E-state index in [-0.39, 0.29) is 0 Å². The van der Waals surface area contributed by atoms with E-state index < -0.39 is 0 Å². The minimum absolute atomic E-state index is 0.512. The highest BCUT2D eigenvalue weighted by Crippen LogP contribution is 2.29. The third kappa shape index (κ3) is 3.44. The van der Waals surface area contributed by atoms with Gasteiger partial charge in [0.15, 0.2) is 0 Å². The van der Waals surface area contributed by atoms with Crippen molar-refractivity contribution in [2.45, 2.75) is 72.3 Å². The molecule has 1 fully saturated rings. The molecule has 1 saturated carbocycles. The van der Waals surface area contributed by atoms with E-state index in [1.165, 1.54) is 72.3 Å². The van der Waals surface area contributed by atoms with Crippen molar-refractivity contribution in [3.8, 4) is 11.4 Å². The Balaban J connectivity index is 1.86. The minimum Gasteiger partial charge on any atom is -0.357 e. The highest BCUT2D eigenvalue weighted by atomic mass is 14.8. The molecular weight excluding hydrogens is 282 g/mol. The smallest absolute Gasteiger partial charge is 0.0659 e. The number of hydrogen-bond donors (Lipinski definition) is 2. The van der Waals surface area contributed by atoms with Gasteiger partial charge in [0, 0.05) is 11.9 Å². The van der Waals surface area contributed by atoms with E-state index in [9.17, 15) is 0 Å². The van der Waals surface area contributed by atoms with Gasteiger partial charge in [-0.05, 0) is 63.3 Å². The van der Waals surface area contributed by atoms with Gasteiger partial charge in [-0.1, -0.05) is 25.7 Å². The van der Waals surface area contributed by atoms with Crippen LogP contribution in [0.25, 0.3) is 11.4 Å². The van der Waals surface area contributed by atoms with Gasteiger partial charge in [-0.25, -0.2) is 0 Å². The second kappa shape index (κ2) is 6.77. The molecule has 1 aliphatic carbocycles. The van der Waals surface area contributed by atoms with E-state index in [0.29, 0.717) is 6.04 Å². The Labute approximate surface area is 139 Å². The number of aromatic nitrogens is 2. The van der Waals surface area contributed by atoms with Gasteiger partial charge in [-0.2, -0.15) is 0 Å². The highest BCUT2D eigenvalue weighted by molar-refractivity contribution is 5.83. The van der Waals surface area contributed by atoms with Gasteiger partial charge < -0.3 is 9.97 Å². The van der Waals surface area contributed by atoms with Crippen LogP contribution >= 0.6 is 0 Å². The largest absolute Gasteiger partial charge is 0.357 e. The SMILES string of the molecule is Cc1cc(C)c(-c2[nH]c(C=NC3CCCCCC3)c(C)c2C)[nH]1. The lowest BCUT2D eigenvalue weighted by Crippen LogP contribution is -2.03. The lowest BCUT2D eigenvalue weighted by Gasteiger charge is -2.07. The molecule has 0 saturated heterocycles. The first-order chi connectivity index (χ1) is 11.1. The summed E-state index contributed by atoms with van der Waals surface area (Å²) in [6.07, 6.45) is 9.99. The molecule has 0 amide bonds. The molecule has 2 aromatic heterocycles. The van der Waals surface area contributed by atoms with Crippen LogP contribution in [-0.4, -0.2) is 22.2 Å². The van der Waals surface area contributed by atoms with Crippen molar-refractivity contribution in [3.63, 3.8) is 0 Å². The van der Waals surface area contributed by atoms with Crippen LogP contribution in [0.1, 0.15) is 66.6 Å². The van der Waals surface area contributed by atoms with Crippen LogP contribution < -0.4 is 0 Å². The second-order valence-corrected chi connectivity index (χ2v) is 7.10. The van der Waals surface area contributed by atoms with Crippen LogP contribution in [0.5, 0.6) is 0 Å². The molecule has 0 radical (unpaired) electrons. The average molecular weight is 311 g/mol. The van der Waals surface area contributed by atoms with E-state index in [0.717, 1.165) is 5.69 Å². The molecule has 3 nitrogen and oxygen atoms in total. The fourth-order valence-corrected chi connectivity index (χ4v) is 3.67. The number of aromatic amines is 2. The van der Waals surface area contributed by atoms with Crippen molar-refractivity contribution in [3.05, 3.63) is 34.1 Å². The molecule has 0 unspecified atom stereocenters. The molecule has 0 bridgehead atoms.